The second-order valence-electron chi connectivity index (χ2n) is 4.61. The summed E-state index contributed by atoms with van der Waals surface area (Å²) in [6, 6.07) is 14.8. The van der Waals surface area contributed by atoms with Crippen LogP contribution in [-0.2, 0) is 0 Å². The van der Waals surface area contributed by atoms with Gasteiger partial charge in [0, 0.05) is 20.9 Å². The van der Waals surface area contributed by atoms with Gasteiger partial charge in [0.25, 0.3) is 5.91 Å². The molecule has 4 nitrogen and oxygen atoms in total. The highest BCUT2D eigenvalue weighted by molar-refractivity contribution is 9.10. The summed E-state index contributed by atoms with van der Waals surface area (Å²) < 4.78 is 0.836. The summed E-state index contributed by atoms with van der Waals surface area (Å²) in [6.07, 6.45) is 1.50. The number of hydrogen-bond acceptors (Lipinski definition) is 2. The van der Waals surface area contributed by atoms with Crippen LogP contribution in [0.25, 0.3) is 10.9 Å². The average molecular weight is 377 g/mol. The Kier molecular flexibility index (Phi) is 4.27. The van der Waals surface area contributed by atoms with Crippen molar-refractivity contribution in [3.05, 3.63) is 69.3 Å². The number of aromatic nitrogens is 1. The Morgan fingerprint density at radius 3 is 2.82 bits per heavy atom. The first kappa shape index (κ1) is 14.8. The largest absolute Gasteiger partial charge is 0.352 e. The number of carbonyl (C=O) groups is 1. The quantitative estimate of drug-likeness (QED) is 0.518. The van der Waals surface area contributed by atoms with E-state index in [0.29, 0.717) is 16.3 Å². The molecule has 0 fully saturated rings. The van der Waals surface area contributed by atoms with Gasteiger partial charge in [-0.1, -0.05) is 51.8 Å². The van der Waals surface area contributed by atoms with Crippen LogP contribution in [-0.4, -0.2) is 17.1 Å². The van der Waals surface area contributed by atoms with Crippen molar-refractivity contribution in [1.29, 1.82) is 0 Å². The molecule has 0 saturated heterocycles. The highest BCUT2D eigenvalue weighted by atomic mass is 79.9. The maximum absolute atomic E-state index is 12.0. The number of aromatic amines is 1. The number of nitrogens with zero attached hydrogens (tertiary/aromatic N) is 1. The Hall–Kier alpha value is -2.11. The van der Waals surface area contributed by atoms with E-state index in [1.54, 1.807) is 18.2 Å². The molecule has 3 aromatic rings. The van der Waals surface area contributed by atoms with Crippen molar-refractivity contribution < 1.29 is 4.79 Å². The number of benzene rings is 2. The van der Waals surface area contributed by atoms with Crippen LogP contribution in [0.2, 0.25) is 5.02 Å². The van der Waals surface area contributed by atoms with Gasteiger partial charge in [-0.25, -0.2) is 5.43 Å². The van der Waals surface area contributed by atoms with Crippen molar-refractivity contribution in [2.45, 2.75) is 0 Å². The van der Waals surface area contributed by atoms with Crippen LogP contribution in [0.4, 0.5) is 0 Å². The molecule has 3 rings (SSSR count). The van der Waals surface area contributed by atoms with Gasteiger partial charge in [-0.3, -0.25) is 4.79 Å². The third-order valence-electron chi connectivity index (χ3n) is 3.12. The molecular weight excluding hydrogens is 366 g/mol. The zero-order valence-electron chi connectivity index (χ0n) is 11.3. The zero-order chi connectivity index (χ0) is 15.5. The van der Waals surface area contributed by atoms with E-state index in [1.165, 1.54) is 6.21 Å². The molecule has 1 aromatic heterocycles. The molecule has 0 saturated carbocycles. The molecule has 0 atom stereocenters. The van der Waals surface area contributed by atoms with E-state index in [-0.39, 0.29) is 5.91 Å². The summed E-state index contributed by atoms with van der Waals surface area (Å²) in [4.78, 5) is 15.1. The number of para-hydroxylation sites is 1. The smallest absolute Gasteiger partial charge is 0.271 e. The third-order valence-corrected chi connectivity index (χ3v) is 4.02. The van der Waals surface area contributed by atoms with Gasteiger partial charge in [0.05, 0.1) is 16.9 Å². The first-order valence-corrected chi connectivity index (χ1v) is 7.67. The van der Waals surface area contributed by atoms with Gasteiger partial charge < -0.3 is 4.98 Å². The summed E-state index contributed by atoms with van der Waals surface area (Å²) in [6.45, 7) is 0. The molecule has 0 radical (unpaired) electrons. The van der Waals surface area contributed by atoms with Crippen LogP contribution in [0.15, 0.2) is 58.1 Å². The van der Waals surface area contributed by atoms with Gasteiger partial charge >= 0.3 is 0 Å². The minimum Gasteiger partial charge on any atom is -0.352 e. The number of halogens is 2. The number of hydrogen-bond donors (Lipinski definition) is 2. The molecule has 110 valence electrons. The predicted octanol–water partition coefficient (Wildman–Crippen LogP) is 4.35. The van der Waals surface area contributed by atoms with E-state index < -0.39 is 0 Å². The second-order valence-corrected chi connectivity index (χ2v) is 5.90. The lowest BCUT2D eigenvalue weighted by Gasteiger charge is -1.99. The molecule has 2 aromatic carbocycles. The monoisotopic (exact) mass is 375 g/mol. The minimum atomic E-state index is -0.287. The molecule has 1 heterocycles. The topological polar surface area (TPSA) is 57.2 Å². The molecule has 0 aliphatic carbocycles. The van der Waals surface area contributed by atoms with Crippen LogP contribution >= 0.6 is 27.5 Å². The summed E-state index contributed by atoms with van der Waals surface area (Å²) in [5.74, 6) is -0.287. The lowest BCUT2D eigenvalue weighted by atomic mass is 10.2. The van der Waals surface area contributed by atoms with E-state index in [9.17, 15) is 4.79 Å². The third kappa shape index (κ3) is 3.05. The van der Waals surface area contributed by atoms with Crippen LogP contribution < -0.4 is 5.43 Å². The SMILES string of the molecule is O=C(N/N=C/c1[nH]c2ccccc2c1Cl)c1cccc(Br)c1. The number of hydrazone groups is 1. The zero-order valence-corrected chi connectivity index (χ0v) is 13.6. The molecule has 1 amide bonds. The fourth-order valence-corrected chi connectivity index (χ4v) is 2.73. The Labute approximate surface area is 140 Å². The van der Waals surface area contributed by atoms with Crippen molar-refractivity contribution in [2.75, 3.05) is 0 Å². The highest BCUT2D eigenvalue weighted by Gasteiger charge is 2.07. The Balaban J connectivity index is 1.76. The fraction of sp³-hybridized carbons (Fsp3) is 0. The Morgan fingerprint density at radius 2 is 2.05 bits per heavy atom. The van der Waals surface area contributed by atoms with Crippen LogP contribution in [0.5, 0.6) is 0 Å². The highest BCUT2D eigenvalue weighted by Crippen LogP contribution is 2.25. The van der Waals surface area contributed by atoms with Crippen molar-refractivity contribution in [3.8, 4) is 0 Å². The van der Waals surface area contributed by atoms with Crippen LogP contribution in [0.3, 0.4) is 0 Å². The molecule has 0 unspecified atom stereocenters. The first-order chi connectivity index (χ1) is 10.6. The standard InChI is InChI=1S/C16H11BrClN3O/c17-11-5-3-4-10(8-11)16(22)21-19-9-14-15(18)12-6-1-2-7-13(12)20-14/h1-9,20H,(H,21,22)/b19-9+. The van der Waals surface area contributed by atoms with Gasteiger partial charge in [0.1, 0.15) is 0 Å². The molecule has 6 heteroatoms. The van der Waals surface area contributed by atoms with Crippen molar-refractivity contribution in [3.63, 3.8) is 0 Å². The number of carbonyl (C=O) groups excluding carboxylic acids is 1. The van der Waals surface area contributed by atoms with Gasteiger partial charge in [-0.15, -0.1) is 0 Å². The Morgan fingerprint density at radius 1 is 1.23 bits per heavy atom. The Bertz CT molecular complexity index is 873. The number of amides is 1. The first-order valence-electron chi connectivity index (χ1n) is 6.50. The number of rotatable bonds is 3. The molecule has 0 spiro atoms. The molecule has 0 bridgehead atoms. The summed E-state index contributed by atoms with van der Waals surface area (Å²) in [5, 5.41) is 5.45. The lowest BCUT2D eigenvalue weighted by Crippen LogP contribution is -2.17. The van der Waals surface area contributed by atoms with E-state index >= 15 is 0 Å². The molecular formula is C16H11BrClN3O. The van der Waals surface area contributed by atoms with Gasteiger partial charge in [-0.05, 0) is 24.3 Å². The van der Waals surface area contributed by atoms with Gasteiger partial charge in [0.2, 0.25) is 0 Å². The van der Waals surface area contributed by atoms with Crippen LogP contribution in [0, 0.1) is 0 Å². The van der Waals surface area contributed by atoms with E-state index in [1.807, 2.05) is 30.3 Å². The molecule has 0 aliphatic heterocycles. The van der Waals surface area contributed by atoms with E-state index in [0.717, 1.165) is 15.4 Å². The average Bonchev–Trinajstić information content (AvgIpc) is 2.84. The lowest BCUT2D eigenvalue weighted by molar-refractivity contribution is 0.0955. The maximum atomic E-state index is 12.0. The molecule has 2 N–H and O–H groups in total. The number of H-pyrrole nitrogens is 1. The summed E-state index contributed by atoms with van der Waals surface area (Å²) >= 11 is 9.59. The van der Waals surface area contributed by atoms with Crippen molar-refractivity contribution in [1.82, 2.24) is 10.4 Å². The normalized spacial score (nSPS) is 11.2. The molecule has 22 heavy (non-hydrogen) atoms. The second kappa shape index (κ2) is 6.34. The minimum absolute atomic E-state index is 0.287. The summed E-state index contributed by atoms with van der Waals surface area (Å²) in [7, 11) is 0. The van der Waals surface area contributed by atoms with Crippen molar-refractivity contribution in [2.24, 2.45) is 5.10 Å². The number of fused-ring (bicyclic) bond motifs is 1. The van der Waals surface area contributed by atoms with Crippen molar-refractivity contribution >= 4 is 50.6 Å². The predicted molar refractivity (Wildman–Crippen MR) is 92.5 cm³/mol. The maximum Gasteiger partial charge on any atom is 0.271 e. The summed E-state index contributed by atoms with van der Waals surface area (Å²) in [5.41, 5.74) is 4.57. The fourth-order valence-electron chi connectivity index (χ4n) is 2.07. The van der Waals surface area contributed by atoms with Crippen LogP contribution in [0.1, 0.15) is 16.1 Å². The van der Waals surface area contributed by atoms with E-state index in [4.69, 9.17) is 11.6 Å². The van der Waals surface area contributed by atoms with E-state index in [2.05, 4.69) is 31.4 Å². The van der Waals surface area contributed by atoms with Gasteiger partial charge in [-0.2, -0.15) is 5.10 Å². The number of nitrogens with one attached hydrogen (secondary N) is 2. The molecule has 0 aliphatic rings. The van der Waals surface area contributed by atoms with Gasteiger partial charge in [0.15, 0.2) is 0 Å².